The maximum absolute atomic E-state index is 12.0. The van der Waals surface area contributed by atoms with Crippen molar-refractivity contribution < 1.29 is 8.42 Å². The Morgan fingerprint density at radius 2 is 1.85 bits per heavy atom. The number of aryl methyl sites for hydroxylation is 2. The average Bonchev–Trinajstić information content (AvgIpc) is 2.68. The quantitative estimate of drug-likeness (QED) is 0.858. The van der Waals surface area contributed by atoms with Crippen LogP contribution in [0.15, 0.2) is 36.4 Å². The van der Waals surface area contributed by atoms with Crippen LogP contribution in [0.25, 0.3) is 0 Å². The molecule has 0 aliphatic rings. The highest BCUT2D eigenvalue weighted by atomic mass is 32.2. The van der Waals surface area contributed by atoms with Crippen LogP contribution in [0.3, 0.4) is 0 Å². The van der Waals surface area contributed by atoms with E-state index in [9.17, 15) is 8.42 Å². The van der Waals surface area contributed by atoms with E-state index in [0.29, 0.717) is 13.0 Å². The number of H-pyrrole nitrogens is 1. The third-order valence-corrected chi connectivity index (χ3v) is 4.53. The van der Waals surface area contributed by atoms with Gasteiger partial charge in [-0.3, -0.25) is 0 Å². The second kappa shape index (κ2) is 6.24. The molecule has 20 heavy (non-hydrogen) atoms. The van der Waals surface area contributed by atoms with Crippen molar-refractivity contribution in [2.24, 2.45) is 0 Å². The summed E-state index contributed by atoms with van der Waals surface area (Å²) in [7, 11) is -3.27. The molecular weight excluding hydrogens is 272 g/mol. The largest absolute Gasteiger partial charge is 0.362 e. The van der Waals surface area contributed by atoms with Gasteiger partial charge in [0.2, 0.25) is 10.0 Å². The zero-order valence-electron chi connectivity index (χ0n) is 11.8. The lowest BCUT2D eigenvalue weighted by Crippen LogP contribution is -2.27. The van der Waals surface area contributed by atoms with Crippen LogP contribution < -0.4 is 4.72 Å². The highest BCUT2D eigenvalue weighted by molar-refractivity contribution is 7.88. The van der Waals surface area contributed by atoms with Gasteiger partial charge in [-0.25, -0.2) is 13.1 Å². The van der Waals surface area contributed by atoms with Gasteiger partial charge in [-0.2, -0.15) is 0 Å². The molecule has 1 aromatic heterocycles. The first-order valence-electron chi connectivity index (χ1n) is 6.62. The maximum Gasteiger partial charge on any atom is 0.215 e. The lowest BCUT2D eigenvalue weighted by molar-refractivity contribution is 0.580. The van der Waals surface area contributed by atoms with Crippen LogP contribution in [0.5, 0.6) is 0 Å². The molecule has 0 fully saturated rings. The van der Waals surface area contributed by atoms with Crippen molar-refractivity contribution in [3.8, 4) is 0 Å². The van der Waals surface area contributed by atoms with Gasteiger partial charge in [0, 0.05) is 17.9 Å². The number of hydrogen-bond acceptors (Lipinski definition) is 2. The fourth-order valence-corrected chi connectivity index (χ4v) is 3.37. The van der Waals surface area contributed by atoms with Crippen molar-refractivity contribution in [2.45, 2.75) is 26.0 Å². The molecule has 4 nitrogen and oxygen atoms in total. The van der Waals surface area contributed by atoms with Crippen molar-refractivity contribution in [1.29, 1.82) is 0 Å². The molecule has 0 spiro atoms. The summed E-state index contributed by atoms with van der Waals surface area (Å²) >= 11 is 0. The van der Waals surface area contributed by atoms with Gasteiger partial charge < -0.3 is 4.98 Å². The summed E-state index contributed by atoms with van der Waals surface area (Å²) in [5, 5.41) is 0. The number of aromatic amines is 1. The van der Waals surface area contributed by atoms with Gasteiger partial charge in [-0.15, -0.1) is 0 Å². The molecule has 0 amide bonds. The fraction of sp³-hybridized carbons (Fsp3) is 0.333. The van der Waals surface area contributed by atoms with E-state index >= 15 is 0 Å². The van der Waals surface area contributed by atoms with Crippen LogP contribution in [-0.4, -0.2) is 19.9 Å². The Morgan fingerprint density at radius 1 is 1.15 bits per heavy atom. The lowest BCUT2D eigenvalue weighted by atomic mass is 10.2. The molecule has 1 heterocycles. The molecule has 0 radical (unpaired) electrons. The molecule has 1 aromatic carbocycles. The molecule has 0 saturated carbocycles. The van der Waals surface area contributed by atoms with Gasteiger partial charge in [0.05, 0.1) is 5.75 Å². The number of nitrogens with one attached hydrogen (secondary N) is 2. The third-order valence-electron chi connectivity index (χ3n) is 3.17. The Balaban J connectivity index is 1.88. The monoisotopic (exact) mass is 292 g/mol. The molecule has 108 valence electrons. The summed E-state index contributed by atoms with van der Waals surface area (Å²) in [6, 6.07) is 11.3. The van der Waals surface area contributed by atoms with E-state index < -0.39 is 10.0 Å². The highest BCUT2D eigenvalue weighted by Gasteiger charge is 2.11. The highest BCUT2D eigenvalue weighted by Crippen LogP contribution is 2.10. The second-order valence-corrected chi connectivity index (χ2v) is 6.80. The molecule has 5 heteroatoms. The van der Waals surface area contributed by atoms with E-state index in [1.165, 1.54) is 0 Å². The zero-order valence-corrected chi connectivity index (χ0v) is 12.6. The SMILES string of the molecule is Cc1cc(CCNS(=O)(=O)Cc2ccccc2)c(C)[nH]1. The van der Waals surface area contributed by atoms with Gasteiger partial charge in [-0.05, 0) is 37.5 Å². The number of hydrogen-bond donors (Lipinski definition) is 2. The molecule has 0 saturated heterocycles. The van der Waals surface area contributed by atoms with Crippen LogP contribution in [-0.2, 0) is 22.2 Å². The normalized spacial score (nSPS) is 11.7. The summed E-state index contributed by atoms with van der Waals surface area (Å²) in [5.74, 6) is 0.0268. The van der Waals surface area contributed by atoms with Crippen molar-refractivity contribution in [1.82, 2.24) is 9.71 Å². The van der Waals surface area contributed by atoms with E-state index in [2.05, 4.69) is 15.8 Å². The van der Waals surface area contributed by atoms with E-state index in [4.69, 9.17) is 0 Å². The van der Waals surface area contributed by atoms with Crippen LogP contribution >= 0.6 is 0 Å². The van der Waals surface area contributed by atoms with E-state index in [-0.39, 0.29) is 5.75 Å². The summed E-state index contributed by atoms with van der Waals surface area (Å²) < 4.78 is 26.6. The summed E-state index contributed by atoms with van der Waals surface area (Å²) in [6.07, 6.45) is 0.699. The third kappa shape index (κ3) is 4.21. The molecule has 0 bridgehead atoms. The number of sulfonamides is 1. The van der Waals surface area contributed by atoms with Crippen LogP contribution in [0.4, 0.5) is 0 Å². The Hall–Kier alpha value is -1.59. The van der Waals surface area contributed by atoms with Crippen LogP contribution in [0.1, 0.15) is 22.5 Å². The van der Waals surface area contributed by atoms with Crippen LogP contribution in [0, 0.1) is 13.8 Å². The topological polar surface area (TPSA) is 62.0 Å². The Kier molecular flexibility index (Phi) is 4.62. The Labute approximate surface area is 120 Å². The predicted molar refractivity (Wildman–Crippen MR) is 81.0 cm³/mol. The summed E-state index contributed by atoms with van der Waals surface area (Å²) in [6.45, 7) is 4.42. The van der Waals surface area contributed by atoms with Gasteiger partial charge in [0.15, 0.2) is 0 Å². The van der Waals surface area contributed by atoms with Crippen LogP contribution in [0.2, 0.25) is 0 Å². The average molecular weight is 292 g/mol. The molecule has 0 aliphatic heterocycles. The van der Waals surface area contributed by atoms with Crippen molar-refractivity contribution >= 4 is 10.0 Å². The van der Waals surface area contributed by atoms with Gasteiger partial charge >= 0.3 is 0 Å². The van der Waals surface area contributed by atoms with Crippen molar-refractivity contribution in [3.63, 3.8) is 0 Å². The molecule has 0 unspecified atom stereocenters. The standard InChI is InChI=1S/C15H20N2O2S/c1-12-10-15(13(2)17-12)8-9-16-20(18,19)11-14-6-4-3-5-7-14/h3-7,10,16-17H,8-9,11H2,1-2H3. The minimum atomic E-state index is -3.27. The summed E-state index contributed by atoms with van der Waals surface area (Å²) in [5.41, 5.74) is 4.16. The van der Waals surface area contributed by atoms with Gasteiger partial charge in [-0.1, -0.05) is 30.3 Å². The van der Waals surface area contributed by atoms with Gasteiger partial charge in [0.25, 0.3) is 0 Å². The second-order valence-electron chi connectivity index (χ2n) is 4.99. The van der Waals surface area contributed by atoms with Gasteiger partial charge in [0.1, 0.15) is 0 Å². The van der Waals surface area contributed by atoms with E-state index in [1.807, 2.05) is 44.2 Å². The maximum atomic E-state index is 12.0. The number of aromatic nitrogens is 1. The minimum Gasteiger partial charge on any atom is -0.362 e. The molecule has 2 N–H and O–H groups in total. The fourth-order valence-electron chi connectivity index (χ4n) is 2.23. The van der Waals surface area contributed by atoms with Crippen molar-refractivity contribution in [2.75, 3.05) is 6.54 Å². The number of rotatable bonds is 6. The van der Waals surface area contributed by atoms with Crippen molar-refractivity contribution in [3.05, 3.63) is 58.9 Å². The van der Waals surface area contributed by atoms with E-state index in [1.54, 1.807) is 0 Å². The molecule has 2 aromatic rings. The Morgan fingerprint density at radius 3 is 2.45 bits per heavy atom. The van der Waals surface area contributed by atoms with E-state index in [0.717, 1.165) is 22.5 Å². The first-order chi connectivity index (χ1) is 9.46. The molecule has 2 rings (SSSR count). The Bertz CT molecular complexity index is 660. The smallest absolute Gasteiger partial charge is 0.215 e. The molecule has 0 atom stereocenters. The first-order valence-corrected chi connectivity index (χ1v) is 8.28. The number of benzene rings is 1. The summed E-state index contributed by atoms with van der Waals surface area (Å²) in [4.78, 5) is 3.22. The molecule has 0 aliphatic carbocycles. The lowest BCUT2D eigenvalue weighted by Gasteiger charge is -2.06. The first kappa shape index (κ1) is 14.8. The predicted octanol–water partition coefficient (Wildman–Crippen LogP) is 2.29. The molecular formula is C15H20N2O2S. The minimum absolute atomic E-state index is 0.0268. The zero-order chi connectivity index (χ0) is 14.6.